The van der Waals surface area contributed by atoms with Crippen molar-refractivity contribution in [2.75, 3.05) is 0 Å². The molecule has 0 aliphatic heterocycles. The summed E-state index contributed by atoms with van der Waals surface area (Å²) in [6, 6.07) is 20.6. The van der Waals surface area contributed by atoms with Gasteiger partial charge in [-0.3, -0.25) is 14.9 Å². The van der Waals surface area contributed by atoms with E-state index in [1.165, 1.54) is 12.1 Å². The van der Waals surface area contributed by atoms with Gasteiger partial charge in [-0.05, 0) is 42.0 Å². The van der Waals surface area contributed by atoms with Gasteiger partial charge in [0.25, 0.3) is 11.6 Å². The van der Waals surface area contributed by atoms with Gasteiger partial charge in [-0.2, -0.15) is 0 Å². The van der Waals surface area contributed by atoms with Crippen LogP contribution in [-0.4, -0.2) is 10.8 Å². The number of amides is 1. The zero-order valence-electron chi connectivity index (χ0n) is 14.1. The lowest BCUT2D eigenvalue weighted by molar-refractivity contribution is -0.384. The van der Waals surface area contributed by atoms with Gasteiger partial charge in [0.15, 0.2) is 0 Å². The molecule has 3 aromatic carbocycles. The fraction of sp³-hybridized carbons (Fsp3) is 0.0500. The fourth-order valence-electron chi connectivity index (χ4n) is 2.42. The maximum absolute atomic E-state index is 12.3. The highest BCUT2D eigenvalue weighted by atomic mass is 35.5. The van der Waals surface area contributed by atoms with E-state index in [2.05, 4.69) is 5.32 Å². The summed E-state index contributed by atoms with van der Waals surface area (Å²) in [6.07, 6.45) is 0. The number of nitro groups is 1. The SMILES string of the molecule is O=C(NCc1cccc(Oc2ccccc2)c1)c1ccc(Cl)c([N+](=O)[O-])c1. The van der Waals surface area contributed by atoms with Crippen molar-refractivity contribution in [1.29, 1.82) is 0 Å². The molecular weight excluding hydrogens is 368 g/mol. The number of hydrogen-bond donors (Lipinski definition) is 1. The Morgan fingerprint density at radius 1 is 1.00 bits per heavy atom. The van der Waals surface area contributed by atoms with Crippen LogP contribution in [0.4, 0.5) is 5.69 Å². The molecule has 3 aromatic rings. The predicted octanol–water partition coefficient (Wildman–Crippen LogP) is 4.97. The number of rotatable bonds is 6. The molecule has 0 atom stereocenters. The molecule has 7 heteroatoms. The van der Waals surface area contributed by atoms with Crippen molar-refractivity contribution < 1.29 is 14.5 Å². The van der Waals surface area contributed by atoms with Crippen LogP contribution in [0.3, 0.4) is 0 Å². The number of carbonyl (C=O) groups excluding carboxylic acids is 1. The second-order valence-electron chi connectivity index (χ2n) is 5.67. The fourth-order valence-corrected chi connectivity index (χ4v) is 2.61. The van der Waals surface area contributed by atoms with Gasteiger partial charge >= 0.3 is 0 Å². The van der Waals surface area contributed by atoms with Gasteiger partial charge in [-0.25, -0.2) is 0 Å². The summed E-state index contributed by atoms with van der Waals surface area (Å²) in [5, 5.41) is 13.7. The lowest BCUT2D eigenvalue weighted by Gasteiger charge is -2.09. The van der Waals surface area contributed by atoms with Crippen molar-refractivity contribution in [1.82, 2.24) is 5.32 Å². The number of benzene rings is 3. The number of hydrogen-bond acceptors (Lipinski definition) is 4. The maximum Gasteiger partial charge on any atom is 0.288 e. The molecule has 0 spiro atoms. The van der Waals surface area contributed by atoms with Gasteiger partial charge in [0.2, 0.25) is 0 Å². The molecule has 0 fully saturated rings. The zero-order chi connectivity index (χ0) is 19.2. The van der Waals surface area contributed by atoms with Crippen LogP contribution >= 0.6 is 11.6 Å². The third kappa shape index (κ3) is 4.83. The Bertz CT molecular complexity index is 977. The first-order chi connectivity index (χ1) is 13.0. The smallest absolute Gasteiger partial charge is 0.288 e. The van der Waals surface area contributed by atoms with E-state index in [4.69, 9.17) is 16.3 Å². The van der Waals surface area contributed by atoms with Gasteiger partial charge in [0.1, 0.15) is 16.5 Å². The number of para-hydroxylation sites is 1. The molecule has 0 aliphatic carbocycles. The summed E-state index contributed by atoms with van der Waals surface area (Å²) in [5.74, 6) is 0.936. The molecule has 0 saturated heterocycles. The Hall–Kier alpha value is -3.38. The lowest BCUT2D eigenvalue weighted by Crippen LogP contribution is -2.22. The molecule has 1 N–H and O–H groups in total. The first kappa shape index (κ1) is 18.4. The molecule has 0 bridgehead atoms. The van der Waals surface area contributed by atoms with Gasteiger partial charge in [0, 0.05) is 18.2 Å². The normalized spacial score (nSPS) is 10.3. The van der Waals surface area contributed by atoms with E-state index in [9.17, 15) is 14.9 Å². The second kappa shape index (κ2) is 8.33. The molecule has 0 aromatic heterocycles. The molecule has 136 valence electrons. The summed E-state index contributed by atoms with van der Waals surface area (Å²) in [6.45, 7) is 0.251. The van der Waals surface area contributed by atoms with E-state index in [0.717, 1.165) is 11.6 Å². The van der Waals surface area contributed by atoms with Crippen molar-refractivity contribution in [3.05, 3.63) is 99.1 Å². The van der Waals surface area contributed by atoms with E-state index in [1.807, 2.05) is 54.6 Å². The Labute approximate surface area is 160 Å². The minimum absolute atomic E-state index is 0.0117. The largest absolute Gasteiger partial charge is 0.457 e. The van der Waals surface area contributed by atoms with Crippen molar-refractivity contribution in [3.63, 3.8) is 0 Å². The van der Waals surface area contributed by atoms with Crippen LogP contribution in [-0.2, 0) is 6.54 Å². The van der Waals surface area contributed by atoms with Crippen LogP contribution in [0.25, 0.3) is 0 Å². The molecule has 6 nitrogen and oxygen atoms in total. The zero-order valence-corrected chi connectivity index (χ0v) is 14.8. The van der Waals surface area contributed by atoms with Crippen LogP contribution in [0.15, 0.2) is 72.8 Å². The Kier molecular flexibility index (Phi) is 5.68. The number of carbonyl (C=O) groups is 1. The molecular formula is C20H15ClN2O4. The molecule has 1 amide bonds. The Balaban J connectivity index is 1.66. The summed E-state index contributed by atoms with van der Waals surface area (Å²) in [4.78, 5) is 22.6. The average Bonchev–Trinajstić information content (AvgIpc) is 2.67. The van der Waals surface area contributed by atoms with Crippen molar-refractivity contribution >= 4 is 23.2 Å². The van der Waals surface area contributed by atoms with Gasteiger partial charge in [-0.15, -0.1) is 0 Å². The highest BCUT2D eigenvalue weighted by Crippen LogP contribution is 2.25. The maximum atomic E-state index is 12.3. The third-order valence-corrected chi connectivity index (χ3v) is 4.06. The van der Waals surface area contributed by atoms with Crippen molar-refractivity contribution in [3.8, 4) is 11.5 Å². The monoisotopic (exact) mass is 382 g/mol. The number of nitrogens with zero attached hydrogens (tertiary/aromatic N) is 1. The average molecular weight is 383 g/mol. The molecule has 0 heterocycles. The minimum Gasteiger partial charge on any atom is -0.457 e. The van der Waals surface area contributed by atoms with Crippen LogP contribution in [0.2, 0.25) is 5.02 Å². The van der Waals surface area contributed by atoms with Gasteiger partial charge < -0.3 is 10.1 Å². The highest BCUT2D eigenvalue weighted by Gasteiger charge is 2.16. The van der Waals surface area contributed by atoms with Crippen LogP contribution in [0.1, 0.15) is 15.9 Å². The van der Waals surface area contributed by atoms with Crippen molar-refractivity contribution in [2.24, 2.45) is 0 Å². The first-order valence-corrected chi connectivity index (χ1v) is 8.45. The third-order valence-electron chi connectivity index (χ3n) is 3.74. The molecule has 27 heavy (non-hydrogen) atoms. The molecule has 0 saturated carbocycles. The standard InChI is InChI=1S/C20H15ClN2O4/c21-18-10-9-15(12-19(18)23(25)26)20(24)22-13-14-5-4-8-17(11-14)27-16-6-2-1-3-7-16/h1-12H,13H2,(H,22,24). The topological polar surface area (TPSA) is 81.5 Å². The summed E-state index contributed by atoms with van der Waals surface area (Å²) in [7, 11) is 0. The lowest BCUT2D eigenvalue weighted by atomic mass is 10.1. The summed E-state index contributed by atoms with van der Waals surface area (Å²) < 4.78 is 5.76. The minimum atomic E-state index is -0.622. The van der Waals surface area contributed by atoms with Gasteiger partial charge in [-0.1, -0.05) is 41.9 Å². The number of nitrogens with one attached hydrogen (secondary N) is 1. The number of nitro benzene ring substituents is 1. The Morgan fingerprint density at radius 3 is 2.48 bits per heavy atom. The van der Waals surface area contributed by atoms with E-state index < -0.39 is 10.8 Å². The van der Waals surface area contributed by atoms with E-state index in [1.54, 1.807) is 0 Å². The van der Waals surface area contributed by atoms with Crippen LogP contribution in [0, 0.1) is 10.1 Å². The quantitative estimate of drug-likeness (QED) is 0.482. The Morgan fingerprint density at radius 2 is 1.74 bits per heavy atom. The van der Waals surface area contributed by atoms with Crippen LogP contribution in [0.5, 0.6) is 11.5 Å². The second-order valence-corrected chi connectivity index (χ2v) is 6.08. The van der Waals surface area contributed by atoms with E-state index >= 15 is 0 Å². The molecule has 0 radical (unpaired) electrons. The summed E-state index contributed by atoms with van der Waals surface area (Å²) in [5.41, 5.74) is 0.700. The van der Waals surface area contributed by atoms with E-state index in [-0.39, 0.29) is 22.8 Å². The van der Waals surface area contributed by atoms with E-state index in [0.29, 0.717) is 11.5 Å². The predicted molar refractivity (Wildman–Crippen MR) is 102 cm³/mol. The first-order valence-electron chi connectivity index (χ1n) is 8.07. The van der Waals surface area contributed by atoms with Crippen molar-refractivity contribution in [2.45, 2.75) is 6.54 Å². The molecule has 3 rings (SSSR count). The number of ether oxygens (including phenoxy) is 1. The van der Waals surface area contributed by atoms with Crippen LogP contribution < -0.4 is 10.1 Å². The molecule has 0 unspecified atom stereocenters. The molecule has 0 aliphatic rings. The number of halogens is 1. The van der Waals surface area contributed by atoms with Gasteiger partial charge in [0.05, 0.1) is 4.92 Å². The highest BCUT2D eigenvalue weighted by molar-refractivity contribution is 6.32. The summed E-state index contributed by atoms with van der Waals surface area (Å²) >= 11 is 5.77.